The molecule has 0 aromatic carbocycles. The average Bonchev–Trinajstić information content (AvgIpc) is 2.03. The summed E-state index contributed by atoms with van der Waals surface area (Å²) >= 11 is 10.8. The van der Waals surface area contributed by atoms with Gasteiger partial charge in [0.1, 0.15) is 11.8 Å². The van der Waals surface area contributed by atoms with Gasteiger partial charge in [-0.25, -0.2) is 4.98 Å². The topological polar surface area (TPSA) is 53.8 Å². The van der Waals surface area contributed by atoms with E-state index in [1.807, 2.05) is 0 Å². The summed E-state index contributed by atoms with van der Waals surface area (Å²) in [7, 11) is 0. The Morgan fingerprint density at radius 2 is 2.33 bits per heavy atom. The number of hydrogen-bond acceptors (Lipinski definition) is 3. The number of pyridine rings is 1. The van der Waals surface area contributed by atoms with Crippen LogP contribution in [0, 0.1) is 11.3 Å². The third kappa shape index (κ3) is 1.73. The number of aromatic nitrogens is 1. The average molecular weight is 201 g/mol. The molecular weight excluding hydrogens is 199 g/mol. The van der Waals surface area contributed by atoms with E-state index < -0.39 is 5.24 Å². The molecule has 3 nitrogen and oxygen atoms in total. The third-order valence-corrected chi connectivity index (χ3v) is 1.70. The van der Waals surface area contributed by atoms with Crippen LogP contribution in [-0.2, 0) is 0 Å². The molecule has 0 atom stereocenters. The summed E-state index contributed by atoms with van der Waals surface area (Å²) in [6, 6.07) is 3.07. The Morgan fingerprint density at radius 1 is 1.67 bits per heavy atom. The van der Waals surface area contributed by atoms with Crippen molar-refractivity contribution in [2.75, 3.05) is 0 Å². The lowest BCUT2D eigenvalue weighted by Crippen LogP contribution is -1.93. The summed E-state index contributed by atoms with van der Waals surface area (Å²) in [4.78, 5) is 14.3. The quantitative estimate of drug-likeness (QED) is 0.652. The molecule has 60 valence electrons. The summed E-state index contributed by atoms with van der Waals surface area (Å²) in [5, 5.41) is 7.86. The lowest BCUT2D eigenvalue weighted by atomic mass is 10.3. The number of rotatable bonds is 1. The molecule has 1 rings (SSSR count). The van der Waals surface area contributed by atoms with Crippen molar-refractivity contribution in [3.8, 4) is 6.07 Å². The standard InChI is InChI=1S/C7H2Cl2N2O/c8-6-1-4(2-10)11-3-5(6)7(9)12/h1,3H. The Bertz CT molecular complexity index is 370. The van der Waals surface area contributed by atoms with Gasteiger partial charge < -0.3 is 0 Å². The highest BCUT2D eigenvalue weighted by Crippen LogP contribution is 2.17. The van der Waals surface area contributed by atoms with Crippen LogP contribution in [0.1, 0.15) is 16.1 Å². The zero-order valence-corrected chi connectivity index (χ0v) is 7.23. The van der Waals surface area contributed by atoms with E-state index in [1.165, 1.54) is 12.3 Å². The predicted molar refractivity (Wildman–Crippen MR) is 44.1 cm³/mol. The first kappa shape index (κ1) is 8.98. The maximum absolute atomic E-state index is 10.6. The second-order valence-corrected chi connectivity index (χ2v) is 2.69. The minimum atomic E-state index is -0.683. The number of carbonyl (C=O) groups is 1. The molecule has 1 heterocycles. The molecule has 0 radical (unpaired) electrons. The molecule has 0 fully saturated rings. The fourth-order valence-corrected chi connectivity index (χ4v) is 1.07. The molecule has 1 aromatic heterocycles. The van der Waals surface area contributed by atoms with E-state index >= 15 is 0 Å². The second kappa shape index (κ2) is 3.53. The van der Waals surface area contributed by atoms with Crippen LogP contribution < -0.4 is 0 Å². The molecule has 0 aliphatic rings. The Morgan fingerprint density at radius 3 is 2.75 bits per heavy atom. The van der Waals surface area contributed by atoms with Crippen LogP contribution in [0.4, 0.5) is 0 Å². The molecule has 0 spiro atoms. The Hall–Kier alpha value is -1.11. The molecule has 0 amide bonds. The normalized spacial score (nSPS) is 9.08. The van der Waals surface area contributed by atoms with Gasteiger partial charge in [0.15, 0.2) is 0 Å². The van der Waals surface area contributed by atoms with Gasteiger partial charge >= 0.3 is 0 Å². The Kier molecular flexibility index (Phi) is 2.64. The van der Waals surface area contributed by atoms with Crippen LogP contribution >= 0.6 is 23.2 Å². The monoisotopic (exact) mass is 200 g/mol. The van der Waals surface area contributed by atoms with Crippen molar-refractivity contribution < 1.29 is 4.79 Å². The first-order chi connectivity index (χ1) is 5.65. The molecule has 0 saturated carbocycles. The van der Waals surface area contributed by atoms with Crippen molar-refractivity contribution in [1.29, 1.82) is 5.26 Å². The summed E-state index contributed by atoms with van der Waals surface area (Å²) in [6.07, 6.45) is 1.18. The van der Waals surface area contributed by atoms with E-state index in [-0.39, 0.29) is 16.3 Å². The molecule has 0 unspecified atom stereocenters. The highest BCUT2D eigenvalue weighted by molar-refractivity contribution is 6.68. The molecule has 0 saturated heterocycles. The van der Waals surface area contributed by atoms with Gasteiger partial charge in [0.05, 0.1) is 10.6 Å². The summed E-state index contributed by atoms with van der Waals surface area (Å²) in [5.74, 6) is 0. The maximum Gasteiger partial charge on any atom is 0.255 e. The van der Waals surface area contributed by atoms with E-state index in [2.05, 4.69) is 4.98 Å². The van der Waals surface area contributed by atoms with Crippen LogP contribution in [0.3, 0.4) is 0 Å². The molecule has 0 aliphatic carbocycles. The molecule has 0 aliphatic heterocycles. The minimum Gasteiger partial charge on any atom is -0.275 e. The predicted octanol–water partition coefficient (Wildman–Crippen LogP) is 1.99. The fourth-order valence-electron chi connectivity index (χ4n) is 0.637. The second-order valence-electron chi connectivity index (χ2n) is 1.93. The first-order valence-electron chi connectivity index (χ1n) is 2.90. The number of hydrogen-bond donors (Lipinski definition) is 0. The zero-order valence-electron chi connectivity index (χ0n) is 5.71. The largest absolute Gasteiger partial charge is 0.275 e. The van der Waals surface area contributed by atoms with Crippen molar-refractivity contribution in [2.45, 2.75) is 0 Å². The van der Waals surface area contributed by atoms with Crippen molar-refractivity contribution in [2.24, 2.45) is 0 Å². The van der Waals surface area contributed by atoms with Crippen molar-refractivity contribution in [3.05, 3.63) is 28.5 Å². The zero-order chi connectivity index (χ0) is 9.14. The summed E-state index contributed by atoms with van der Waals surface area (Å²) in [6.45, 7) is 0. The van der Waals surface area contributed by atoms with Crippen molar-refractivity contribution in [3.63, 3.8) is 0 Å². The van der Waals surface area contributed by atoms with E-state index in [4.69, 9.17) is 28.5 Å². The summed E-state index contributed by atoms with van der Waals surface area (Å²) in [5.41, 5.74) is 0.263. The van der Waals surface area contributed by atoms with Gasteiger partial charge in [-0.1, -0.05) is 11.6 Å². The van der Waals surface area contributed by atoms with Gasteiger partial charge in [0.25, 0.3) is 5.24 Å². The SMILES string of the molecule is N#Cc1cc(Cl)c(C(=O)Cl)cn1. The Labute approximate surface area is 78.5 Å². The van der Waals surface area contributed by atoms with E-state index in [0.29, 0.717) is 0 Å². The highest BCUT2D eigenvalue weighted by Gasteiger charge is 2.08. The molecule has 1 aromatic rings. The van der Waals surface area contributed by atoms with Crippen molar-refractivity contribution in [1.82, 2.24) is 4.98 Å². The van der Waals surface area contributed by atoms with E-state index in [9.17, 15) is 4.79 Å². The van der Waals surface area contributed by atoms with Gasteiger partial charge in [-0.05, 0) is 17.7 Å². The summed E-state index contributed by atoms with van der Waals surface area (Å²) < 4.78 is 0. The van der Waals surface area contributed by atoms with Crippen LogP contribution in [0.15, 0.2) is 12.3 Å². The lowest BCUT2D eigenvalue weighted by molar-refractivity contribution is 0.108. The van der Waals surface area contributed by atoms with E-state index in [1.54, 1.807) is 6.07 Å². The number of nitrogens with zero attached hydrogens (tertiary/aromatic N) is 2. The van der Waals surface area contributed by atoms with Gasteiger partial charge in [0, 0.05) is 6.20 Å². The first-order valence-corrected chi connectivity index (χ1v) is 3.66. The molecular formula is C7H2Cl2N2O. The van der Waals surface area contributed by atoms with Crippen LogP contribution in [-0.4, -0.2) is 10.2 Å². The molecule has 0 bridgehead atoms. The lowest BCUT2D eigenvalue weighted by Gasteiger charge is -1.95. The highest BCUT2D eigenvalue weighted by atomic mass is 35.5. The third-order valence-electron chi connectivity index (χ3n) is 1.18. The maximum atomic E-state index is 10.6. The minimum absolute atomic E-state index is 0.109. The number of nitriles is 1. The number of carbonyl (C=O) groups excluding carboxylic acids is 1. The van der Waals surface area contributed by atoms with Gasteiger partial charge in [-0.15, -0.1) is 0 Å². The van der Waals surface area contributed by atoms with Crippen molar-refractivity contribution >= 4 is 28.4 Å². The van der Waals surface area contributed by atoms with E-state index in [0.717, 1.165) is 0 Å². The van der Waals surface area contributed by atoms with Crippen LogP contribution in [0.5, 0.6) is 0 Å². The van der Waals surface area contributed by atoms with Gasteiger partial charge in [0.2, 0.25) is 0 Å². The molecule has 12 heavy (non-hydrogen) atoms. The fraction of sp³-hybridized carbons (Fsp3) is 0. The molecule has 0 N–H and O–H groups in total. The smallest absolute Gasteiger partial charge is 0.255 e. The van der Waals surface area contributed by atoms with Crippen LogP contribution in [0.25, 0.3) is 0 Å². The van der Waals surface area contributed by atoms with Crippen LogP contribution in [0.2, 0.25) is 5.02 Å². The van der Waals surface area contributed by atoms with Gasteiger partial charge in [-0.2, -0.15) is 5.26 Å². The Balaban J connectivity index is 3.23. The van der Waals surface area contributed by atoms with Gasteiger partial charge in [-0.3, -0.25) is 4.79 Å². The molecule has 5 heteroatoms. The number of halogens is 2.